The number of aliphatic imine (C=N–C) groups is 1. The molecule has 0 radical (unpaired) electrons. The summed E-state index contributed by atoms with van der Waals surface area (Å²) in [5, 5.41) is 6.91. The second kappa shape index (κ2) is 7.83. The lowest BCUT2D eigenvalue weighted by Crippen LogP contribution is -2.52. The molecule has 0 aliphatic carbocycles. The molecule has 1 aromatic heterocycles. The number of thiophene rings is 1. The van der Waals surface area contributed by atoms with E-state index in [0.29, 0.717) is 6.54 Å². The van der Waals surface area contributed by atoms with Gasteiger partial charge in [-0.1, -0.05) is 0 Å². The minimum absolute atomic E-state index is 0.223. The van der Waals surface area contributed by atoms with E-state index in [0.717, 1.165) is 38.7 Å². The Kier molecular flexibility index (Phi) is 6.08. The van der Waals surface area contributed by atoms with E-state index >= 15 is 0 Å². The lowest BCUT2D eigenvalue weighted by molar-refractivity contribution is 0.0309. The predicted molar refractivity (Wildman–Crippen MR) is 95.2 cm³/mol. The van der Waals surface area contributed by atoms with E-state index in [-0.39, 0.29) is 5.60 Å². The summed E-state index contributed by atoms with van der Waals surface area (Å²) in [4.78, 5) is 9.55. The molecule has 6 heteroatoms. The Morgan fingerprint density at radius 2 is 2.09 bits per heavy atom. The standard InChI is InChI=1S/C16H28N4OS/c1-5-17-15(18-13-16(2,3)21-4)20-10-8-19(9-11-20)14-7-6-12-22-14/h6-7,12H,5,8-11,13H2,1-4H3,(H,17,18). The maximum atomic E-state index is 5.46. The highest BCUT2D eigenvalue weighted by atomic mass is 32.1. The summed E-state index contributed by atoms with van der Waals surface area (Å²) >= 11 is 1.81. The topological polar surface area (TPSA) is 40.1 Å². The van der Waals surface area contributed by atoms with Crippen LogP contribution in [0.2, 0.25) is 0 Å². The van der Waals surface area contributed by atoms with Crippen LogP contribution in [0.1, 0.15) is 20.8 Å². The fraction of sp³-hybridized carbons (Fsp3) is 0.688. The van der Waals surface area contributed by atoms with Gasteiger partial charge in [-0.25, -0.2) is 0 Å². The first-order valence-corrected chi connectivity index (χ1v) is 8.80. The minimum Gasteiger partial charge on any atom is -0.377 e. The van der Waals surface area contributed by atoms with E-state index in [9.17, 15) is 0 Å². The van der Waals surface area contributed by atoms with Crippen molar-refractivity contribution in [2.24, 2.45) is 4.99 Å². The molecular formula is C16H28N4OS. The molecule has 0 saturated carbocycles. The van der Waals surface area contributed by atoms with Crippen LogP contribution in [0.5, 0.6) is 0 Å². The summed E-state index contributed by atoms with van der Waals surface area (Å²) in [5.74, 6) is 0.999. The van der Waals surface area contributed by atoms with Crippen LogP contribution in [0.3, 0.4) is 0 Å². The van der Waals surface area contributed by atoms with Gasteiger partial charge in [0.2, 0.25) is 0 Å². The normalized spacial score (nSPS) is 17.0. The highest BCUT2D eigenvalue weighted by Crippen LogP contribution is 2.22. The molecule has 2 rings (SSSR count). The van der Waals surface area contributed by atoms with Crippen LogP contribution in [-0.4, -0.2) is 62.8 Å². The third-order valence-corrected chi connectivity index (χ3v) is 4.82. The van der Waals surface area contributed by atoms with Crippen LogP contribution in [-0.2, 0) is 4.74 Å². The number of nitrogens with zero attached hydrogens (tertiary/aromatic N) is 3. The molecule has 0 unspecified atom stereocenters. The number of ether oxygens (including phenoxy) is 1. The quantitative estimate of drug-likeness (QED) is 0.666. The largest absolute Gasteiger partial charge is 0.377 e. The lowest BCUT2D eigenvalue weighted by Gasteiger charge is -2.37. The number of nitrogens with one attached hydrogen (secondary N) is 1. The molecule has 0 spiro atoms. The summed E-state index contributed by atoms with van der Waals surface area (Å²) in [6.07, 6.45) is 0. The fourth-order valence-electron chi connectivity index (χ4n) is 2.34. The molecule has 5 nitrogen and oxygen atoms in total. The average Bonchev–Trinajstić information content (AvgIpc) is 3.06. The molecule has 1 aromatic rings. The zero-order valence-corrected chi connectivity index (χ0v) is 14.9. The summed E-state index contributed by atoms with van der Waals surface area (Å²) in [6.45, 7) is 11.9. The van der Waals surface area contributed by atoms with E-state index in [1.165, 1.54) is 5.00 Å². The third kappa shape index (κ3) is 4.61. The smallest absolute Gasteiger partial charge is 0.194 e. The van der Waals surface area contributed by atoms with Crippen molar-refractivity contribution in [3.8, 4) is 0 Å². The van der Waals surface area contributed by atoms with E-state index in [1.54, 1.807) is 7.11 Å². The highest BCUT2D eigenvalue weighted by Gasteiger charge is 2.22. The first-order chi connectivity index (χ1) is 10.6. The van der Waals surface area contributed by atoms with Crippen LogP contribution in [0, 0.1) is 0 Å². The molecular weight excluding hydrogens is 296 g/mol. The van der Waals surface area contributed by atoms with Crippen molar-refractivity contribution in [3.05, 3.63) is 17.5 Å². The molecule has 0 aromatic carbocycles. The molecule has 2 heterocycles. The van der Waals surface area contributed by atoms with Crippen LogP contribution in [0.4, 0.5) is 5.00 Å². The van der Waals surface area contributed by atoms with Crippen molar-refractivity contribution in [2.75, 3.05) is 51.3 Å². The van der Waals surface area contributed by atoms with Gasteiger partial charge < -0.3 is 19.9 Å². The number of methoxy groups -OCH3 is 1. The number of anilines is 1. The number of guanidine groups is 1. The van der Waals surface area contributed by atoms with E-state index in [2.05, 4.69) is 53.4 Å². The van der Waals surface area contributed by atoms with E-state index in [4.69, 9.17) is 9.73 Å². The maximum absolute atomic E-state index is 5.46. The van der Waals surface area contributed by atoms with Crippen molar-refractivity contribution in [1.29, 1.82) is 0 Å². The van der Waals surface area contributed by atoms with Crippen molar-refractivity contribution in [2.45, 2.75) is 26.4 Å². The minimum atomic E-state index is -0.223. The van der Waals surface area contributed by atoms with Crippen molar-refractivity contribution in [1.82, 2.24) is 10.2 Å². The van der Waals surface area contributed by atoms with Crippen LogP contribution in [0.15, 0.2) is 22.5 Å². The van der Waals surface area contributed by atoms with Crippen LogP contribution < -0.4 is 10.2 Å². The molecule has 0 bridgehead atoms. The Labute approximate surface area is 138 Å². The Morgan fingerprint density at radius 1 is 1.36 bits per heavy atom. The Morgan fingerprint density at radius 3 is 2.64 bits per heavy atom. The zero-order chi connectivity index (χ0) is 16.0. The molecule has 0 amide bonds. The molecule has 22 heavy (non-hydrogen) atoms. The predicted octanol–water partition coefficient (Wildman–Crippen LogP) is 2.26. The van der Waals surface area contributed by atoms with Gasteiger partial charge >= 0.3 is 0 Å². The summed E-state index contributed by atoms with van der Waals surface area (Å²) in [7, 11) is 1.74. The van der Waals surface area contributed by atoms with E-state index < -0.39 is 0 Å². The van der Waals surface area contributed by atoms with Gasteiger partial charge in [-0.15, -0.1) is 11.3 Å². The first kappa shape index (κ1) is 17.1. The third-order valence-electron chi connectivity index (χ3n) is 3.89. The molecule has 1 fully saturated rings. The Balaban J connectivity index is 1.94. The fourth-order valence-corrected chi connectivity index (χ4v) is 3.13. The molecule has 1 saturated heterocycles. The van der Waals surface area contributed by atoms with Crippen LogP contribution >= 0.6 is 11.3 Å². The van der Waals surface area contributed by atoms with Gasteiger partial charge in [0.25, 0.3) is 0 Å². The second-order valence-electron chi connectivity index (χ2n) is 6.06. The molecule has 124 valence electrons. The van der Waals surface area contributed by atoms with Crippen molar-refractivity contribution >= 4 is 22.3 Å². The number of piperazine rings is 1. The monoisotopic (exact) mass is 324 g/mol. The number of rotatable bonds is 5. The summed E-state index contributed by atoms with van der Waals surface area (Å²) < 4.78 is 5.46. The number of hydrogen-bond donors (Lipinski definition) is 1. The van der Waals surface area contributed by atoms with Gasteiger partial charge in [-0.05, 0) is 38.3 Å². The van der Waals surface area contributed by atoms with Crippen molar-refractivity contribution in [3.63, 3.8) is 0 Å². The molecule has 1 aliphatic rings. The highest BCUT2D eigenvalue weighted by molar-refractivity contribution is 7.14. The molecule has 0 atom stereocenters. The van der Waals surface area contributed by atoms with Crippen molar-refractivity contribution < 1.29 is 4.74 Å². The average molecular weight is 324 g/mol. The van der Waals surface area contributed by atoms with Gasteiger partial charge in [0.1, 0.15) is 0 Å². The van der Waals surface area contributed by atoms with Gasteiger partial charge in [0, 0.05) is 39.8 Å². The summed E-state index contributed by atoms with van der Waals surface area (Å²) in [6, 6.07) is 4.31. The first-order valence-electron chi connectivity index (χ1n) is 7.92. The van der Waals surface area contributed by atoms with Gasteiger partial charge in [-0.2, -0.15) is 0 Å². The second-order valence-corrected chi connectivity index (χ2v) is 6.99. The maximum Gasteiger partial charge on any atom is 0.194 e. The lowest BCUT2D eigenvalue weighted by atomic mass is 10.1. The summed E-state index contributed by atoms with van der Waals surface area (Å²) in [5.41, 5.74) is -0.223. The molecule has 1 aliphatic heterocycles. The Hall–Kier alpha value is -1.27. The van der Waals surface area contributed by atoms with Gasteiger partial charge in [-0.3, -0.25) is 4.99 Å². The number of hydrogen-bond acceptors (Lipinski definition) is 4. The van der Waals surface area contributed by atoms with Crippen LogP contribution in [0.25, 0.3) is 0 Å². The Bertz CT molecular complexity index is 465. The molecule has 1 N–H and O–H groups in total. The zero-order valence-electron chi connectivity index (χ0n) is 14.1. The van der Waals surface area contributed by atoms with Gasteiger partial charge in [0.15, 0.2) is 5.96 Å². The van der Waals surface area contributed by atoms with Gasteiger partial charge in [0.05, 0.1) is 17.1 Å². The SMILES string of the molecule is CCNC(=NCC(C)(C)OC)N1CCN(c2cccs2)CC1. The van der Waals surface area contributed by atoms with E-state index in [1.807, 2.05) is 11.3 Å².